The minimum absolute atomic E-state index is 0.0812. The maximum absolute atomic E-state index is 12.4. The third kappa shape index (κ3) is 3.04. The number of hydrogen-bond acceptors (Lipinski definition) is 5. The number of benzene rings is 1. The molecule has 6 nitrogen and oxygen atoms in total. The first kappa shape index (κ1) is 14.0. The molecule has 0 radical (unpaired) electrons. The number of aromatic nitrogens is 2. The normalized spacial score (nSPS) is 17.0. The van der Waals surface area contributed by atoms with Crippen molar-refractivity contribution in [1.82, 2.24) is 15.1 Å². The highest BCUT2D eigenvalue weighted by atomic mass is 16.5. The summed E-state index contributed by atoms with van der Waals surface area (Å²) in [6, 6.07) is 12.3. The monoisotopic (exact) mass is 294 g/mol. The van der Waals surface area contributed by atoms with E-state index in [2.05, 4.69) is 10.2 Å². The van der Waals surface area contributed by atoms with Crippen molar-refractivity contribution in [3.8, 4) is 11.9 Å². The molecule has 1 saturated heterocycles. The molecule has 2 heterocycles. The van der Waals surface area contributed by atoms with Crippen LogP contribution in [0.4, 0.5) is 0 Å². The molecule has 1 fully saturated rings. The first-order valence-corrected chi connectivity index (χ1v) is 7.00. The van der Waals surface area contributed by atoms with Crippen molar-refractivity contribution in [2.75, 3.05) is 13.1 Å². The second-order valence-corrected chi connectivity index (χ2v) is 5.03. The van der Waals surface area contributed by atoms with E-state index in [1.165, 1.54) is 0 Å². The van der Waals surface area contributed by atoms with Gasteiger partial charge in [-0.2, -0.15) is 10.4 Å². The molecule has 1 aliphatic rings. The quantitative estimate of drug-likeness (QED) is 0.860. The van der Waals surface area contributed by atoms with Crippen LogP contribution in [0.1, 0.15) is 22.3 Å². The molecule has 6 heteroatoms. The molecular formula is C16H14N4O2. The fourth-order valence-electron chi connectivity index (χ4n) is 2.43. The molecule has 1 aromatic heterocycles. The van der Waals surface area contributed by atoms with Crippen LogP contribution in [0.2, 0.25) is 0 Å². The molecule has 0 spiro atoms. The van der Waals surface area contributed by atoms with Gasteiger partial charge in [0.25, 0.3) is 5.91 Å². The van der Waals surface area contributed by atoms with E-state index in [0.29, 0.717) is 30.1 Å². The maximum atomic E-state index is 12.4. The summed E-state index contributed by atoms with van der Waals surface area (Å²) >= 11 is 0. The molecule has 0 bridgehead atoms. The number of likely N-dealkylation sites (tertiary alicyclic amines) is 1. The van der Waals surface area contributed by atoms with Crippen molar-refractivity contribution in [2.45, 2.75) is 12.5 Å². The summed E-state index contributed by atoms with van der Waals surface area (Å²) < 4.78 is 5.72. The zero-order valence-corrected chi connectivity index (χ0v) is 11.8. The Labute approximate surface area is 128 Å². The smallest absolute Gasteiger partial charge is 0.254 e. The number of carbonyl (C=O) groups excluding carboxylic acids is 1. The second kappa shape index (κ2) is 6.22. The molecule has 0 unspecified atom stereocenters. The van der Waals surface area contributed by atoms with Crippen LogP contribution in [0.15, 0.2) is 42.6 Å². The van der Waals surface area contributed by atoms with E-state index in [0.717, 1.165) is 6.42 Å². The van der Waals surface area contributed by atoms with E-state index < -0.39 is 0 Å². The van der Waals surface area contributed by atoms with Gasteiger partial charge in [-0.25, -0.2) is 0 Å². The molecule has 3 rings (SSSR count). The van der Waals surface area contributed by atoms with Gasteiger partial charge in [-0.05, 0) is 24.3 Å². The lowest BCUT2D eigenvalue weighted by atomic mass is 10.1. The minimum Gasteiger partial charge on any atom is -0.471 e. The minimum atomic E-state index is -0.0835. The number of ether oxygens (including phenoxy) is 1. The van der Waals surface area contributed by atoms with E-state index in [1.807, 2.05) is 6.07 Å². The summed E-state index contributed by atoms with van der Waals surface area (Å²) in [5.74, 6) is 0.385. The number of nitrogens with zero attached hydrogens (tertiary/aromatic N) is 4. The van der Waals surface area contributed by atoms with Crippen molar-refractivity contribution >= 4 is 5.91 Å². The van der Waals surface area contributed by atoms with Crippen molar-refractivity contribution in [1.29, 1.82) is 5.26 Å². The van der Waals surface area contributed by atoms with E-state index in [1.54, 1.807) is 47.5 Å². The Hall–Kier alpha value is -2.94. The lowest BCUT2D eigenvalue weighted by molar-refractivity contribution is 0.0771. The summed E-state index contributed by atoms with van der Waals surface area (Å²) in [5, 5.41) is 16.6. The van der Waals surface area contributed by atoms with Gasteiger partial charge in [0.05, 0.1) is 18.2 Å². The highest BCUT2D eigenvalue weighted by Crippen LogP contribution is 2.18. The third-order valence-electron chi connectivity index (χ3n) is 3.51. The first-order valence-electron chi connectivity index (χ1n) is 7.00. The molecule has 110 valence electrons. The average Bonchev–Trinajstić information content (AvgIpc) is 3.03. The average molecular weight is 294 g/mol. The first-order chi connectivity index (χ1) is 10.8. The van der Waals surface area contributed by atoms with Crippen LogP contribution in [0.25, 0.3) is 0 Å². The second-order valence-electron chi connectivity index (χ2n) is 5.03. The van der Waals surface area contributed by atoms with Crippen molar-refractivity contribution in [3.05, 3.63) is 53.7 Å². The maximum Gasteiger partial charge on any atom is 0.254 e. The van der Waals surface area contributed by atoms with Gasteiger partial charge in [-0.3, -0.25) is 4.79 Å². The Morgan fingerprint density at radius 1 is 1.36 bits per heavy atom. The molecule has 1 amide bonds. The van der Waals surface area contributed by atoms with E-state index in [-0.39, 0.29) is 12.0 Å². The van der Waals surface area contributed by atoms with E-state index in [4.69, 9.17) is 10.00 Å². The van der Waals surface area contributed by atoms with Gasteiger partial charge in [-0.1, -0.05) is 6.07 Å². The summed E-state index contributed by atoms with van der Waals surface area (Å²) in [4.78, 5) is 14.2. The highest BCUT2D eigenvalue weighted by Gasteiger charge is 2.28. The predicted molar refractivity (Wildman–Crippen MR) is 78.1 cm³/mol. The molecule has 0 N–H and O–H groups in total. The molecule has 1 atom stereocenters. The molecule has 1 aromatic carbocycles. The van der Waals surface area contributed by atoms with Gasteiger partial charge < -0.3 is 9.64 Å². The number of hydrogen-bond donors (Lipinski definition) is 0. The van der Waals surface area contributed by atoms with E-state index in [9.17, 15) is 4.79 Å². The lowest BCUT2D eigenvalue weighted by Gasteiger charge is -2.17. The van der Waals surface area contributed by atoms with Crippen LogP contribution >= 0.6 is 0 Å². The van der Waals surface area contributed by atoms with Crippen LogP contribution in [-0.4, -0.2) is 40.2 Å². The van der Waals surface area contributed by atoms with Crippen molar-refractivity contribution < 1.29 is 9.53 Å². The Bertz CT molecular complexity index is 712. The van der Waals surface area contributed by atoms with E-state index >= 15 is 0 Å². The van der Waals surface area contributed by atoms with Gasteiger partial charge in [0, 0.05) is 30.8 Å². The molecule has 2 aromatic rings. The fourth-order valence-corrected chi connectivity index (χ4v) is 2.43. The summed E-state index contributed by atoms with van der Waals surface area (Å²) in [5.41, 5.74) is 1.01. The van der Waals surface area contributed by atoms with Gasteiger partial charge in [0.1, 0.15) is 6.10 Å². The van der Waals surface area contributed by atoms with Gasteiger partial charge in [-0.15, -0.1) is 5.10 Å². The fraction of sp³-hybridized carbons (Fsp3) is 0.250. The largest absolute Gasteiger partial charge is 0.471 e. The number of amides is 1. The predicted octanol–water partition coefficient (Wildman–Crippen LogP) is 1.64. The standard InChI is InChI=1S/C16H14N4O2/c17-10-12-3-1-4-13(9-12)16(21)20-8-6-14(11-20)22-15-5-2-7-18-19-15/h1-5,7,9,14H,6,8,11H2/t14-/m0/s1. The van der Waals surface area contributed by atoms with Gasteiger partial charge in [0.15, 0.2) is 0 Å². The molecule has 1 aliphatic heterocycles. The summed E-state index contributed by atoms with van der Waals surface area (Å²) in [6.07, 6.45) is 2.25. The highest BCUT2D eigenvalue weighted by molar-refractivity contribution is 5.94. The molecule has 0 aliphatic carbocycles. The van der Waals surface area contributed by atoms with Crippen molar-refractivity contribution in [2.24, 2.45) is 0 Å². The Balaban J connectivity index is 1.64. The van der Waals surface area contributed by atoms with Crippen molar-refractivity contribution in [3.63, 3.8) is 0 Å². The third-order valence-corrected chi connectivity index (χ3v) is 3.51. The van der Waals surface area contributed by atoms with Gasteiger partial charge in [0.2, 0.25) is 5.88 Å². The molecule has 22 heavy (non-hydrogen) atoms. The number of nitriles is 1. The lowest BCUT2D eigenvalue weighted by Crippen LogP contribution is -2.31. The zero-order chi connectivity index (χ0) is 15.4. The SMILES string of the molecule is N#Cc1cccc(C(=O)N2CC[C@H](Oc3cccnn3)C2)c1. The van der Waals surface area contributed by atoms with Gasteiger partial charge >= 0.3 is 0 Å². The molecule has 0 saturated carbocycles. The van der Waals surface area contributed by atoms with Crippen LogP contribution in [0.5, 0.6) is 5.88 Å². The Morgan fingerprint density at radius 3 is 3.05 bits per heavy atom. The number of rotatable bonds is 3. The summed E-state index contributed by atoms with van der Waals surface area (Å²) in [7, 11) is 0. The topological polar surface area (TPSA) is 79.1 Å². The number of carbonyl (C=O) groups is 1. The Kier molecular flexibility index (Phi) is 3.97. The van der Waals surface area contributed by atoms with Crippen LogP contribution < -0.4 is 4.74 Å². The van der Waals surface area contributed by atoms with Crippen LogP contribution in [0, 0.1) is 11.3 Å². The summed E-state index contributed by atoms with van der Waals surface area (Å²) in [6.45, 7) is 1.13. The van der Waals surface area contributed by atoms with Crippen LogP contribution in [0.3, 0.4) is 0 Å². The Morgan fingerprint density at radius 2 is 2.27 bits per heavy atom. The van der Waals surface area contributed by atoms with Crippen LogP contribution in [-0.2, 0) is 0 Å². The zero-order valence-electron chi connectivity index (χ0n) is 11.8. The molecular weight excluding hydrogens is 280 g/mol.